The first kappa shape index (κ1) is 19.5. The first-order valence-corrected chi connectivity index (χ1v) is 10.2. The van der Waals surface area contributed by atoms with Crippen LogP contribution in [0.15, 0.2) is 48.5 Å². The van der Waals surface area contributed by atoms with E-state index in [1.165, 1.54) is 12.1 Å². The Morgan fingerprint density at radius 3 is 2.55 bits per heavy atom. The van der Waals surface area contributed by atoms with Gasteiger partial charge in [-0.3, -0.25) is 4.79 Å². The van der Waals surface area contributed by atoms with Crippen molar-refractivity contribution in [3.05, 3.63) is 60.0 Å². The Bertz CT molecular complexity index is 1000. The lowest BCUT2D eigenvalue weighted by atomic mass is 10.1. The van der Waals surface area contributed by atoms with Crippen molar-refractivity contribution in [2.75, 3.05) is 19.7 Å². The molecule has 1 saturated heterocycles. The number of amides is 1. The Morgan fingerprint density at radius 1 is 1.17 bits per heavy atom. The molecule has 1 aliphatic rings. The molecule has 29 heavy (non-hydrogen) atoms. The van der Waals surface area contributed by atoms with E-state index in [0.29, 0.717) is 25.4 Å². The maximum absolute atomic E-state index is 13.2. The van der Waals surface area contributed by atoms with Crippen LogP contribution in [-0.2, 0) is 9.53 Å². The Morgan fingerprint density at radius 2 is 1.86 bits per heavy atom. The summed E-state index contributed by atoms with van der Waals surface area (Å²) >= 11 is 1.57. The van der Waals surface area contributed by atoms with Gasteiger partial charge in [0.1, 0.15) is 16.6 Å². The minimum atomic E-state index is -0.464. The molecule has 150 valence electrons. The minimum Gasteiger partial charge on any atom is -0.463 e. The first-order valence-electron chi connectivity index (χ1n) is 9.37. The van der Waals surface area contributed by atoms with E-state index in [4.69, 9.17) is 9.47 Å². The number of halogens is 1. The van der Waals surface area contributed by atoms with Crippen LogP contribution in [0.5, 0.6) is 5.75 Å². The van der Waals surface area contributed by atoms with Crippen LogP contribution in [0.25, 0.3) is 21.0 Å². The highest BCUT2D eigenvalue weighted by atomic mass is 32.1. The molecular weight excluding hydrogens is 391 g/mol. The van der Waals surface area contributed by atoms with Gasteiger partial charge in [0.2, 0.25) is 12.2 Å². The highest BCUT2D eigenvalue weighted by molar-refractivity contribution is 7.18. The topological polar surface area (TPSA) is 51.7 Å². The molecular formula is C22H21FN2O3S. The summed E-state index contributed by atoms with van der Waals surface area (Å²) in [6, 6.07) is 14.1. The molecule has 1 atom stereocenters. The van der Waals surface area contributed by atoms with Crippen LogP contribution in [-0.4, -0.2) is 41.8 Å². The number of nitrogens with zero attached hydrogens (tertiary/aromatic N) is 2. The van der Waals surface area contributed by atoms with Crippen LogP contribution in [0.2, 0.25) is 0 Å². The molecule has 1 unspecified atom stereocenters. The van der Waals surface area contributed by atoms with Gasteiger partial charge in [0.05, 0.1) is 23.7 Å². The van der Waals surface area contributed by atoms with Crippen LogP contribution in [0, 0.1) is 12.7 Å². The largest absolute Gasteiger partial charge is 0.463 e. The molecule has 0 spiro atoms. The lowest BCUT2D eigenvalue weighted by molar-refractivity contribution is -0.155. The van der Waals surface area contributed by atoms with E-state index < -0.39 is 6.29 Å². The monoisotopic (exact) mass is 412 g/mol. The summed E-state index contributed by atoms with van der Waals surface area (Å²) in [6.07, 6.45) is -0.464. The second kappa shape index (κ2) is 8.31. The lowest BCUT2D eigenvalue weighted by Gasteiger charge is -2.32. The van der Waals surface area contributed by atoms with Gasteiger partial charge in [-0.05, 0) is 61.0 Å². The smallest absolute Gasteiger partial charge is 0.219 e. The van der Waals surface area contributed by atoms with E-state index in [9.17, 15) is 9.18 Å². The van der Waals surface area contributed by atoms with Gasteiger partial charge in [0.15, 0.2) is 0 Å². The number of rotatable bonds is 4. The number of morpholine rings is 1. The van der Waals surface area contributed by atoms with Crippen molar-refractivity contribution in [3.63, 3.8) is 0 Å². The number of thiazole rings is 1. The zero-order valence-corrected chi connectivity index (χ0v) is 17.0. The molecule has 0 saturated carbocycles. The number of hydrogen-bond donors (Lipinski definition) is 0. The van der Waals surface area contributed by atoms with Crippen molar-refractivity contribution < 1.29 is 18.7 Å². The first-order chi connectivity index (χ1) is 14.0. The van der Waals surface area contributed by atoms with Crippen molar-refractivity contribution in [1.29, 1.82) is 0 Å². The summed E-state index contributed by atoms with van der Waals surface area (Å²) in [4.78, 5) is 19.0. The third-order valence-corrected chi connectivity index (χ3v) is 6.01. The highest BCUT2D eigenvalue weighted by Gasteiger charge is 2.23. The van der Waals surface area contributed by atoms with Crippen molar-refractivity contribution >= 4 is 17.2 Å². The molecule has 0 aliphatic carbocycles. The fourth-order valence-electron chi connectivity index (χ4n) is 3.19. The molecule has 2 aromatic carbocycles. The van der Waals surface area contributed by atoms with Gasteiger partial charge in [-0.2, -0.15) is 0 Å². The Hall–Kier alpha value is -2.77. The van der Waals surface area contributed by atoms with E-state index >= 15 is 0 Å². The predicted octanol–water partition coefficient (Wildman–Crippen LogP) is 4.51. The van der Waals surface area contributed by atoms with Crippen molar-refractivity contribution in [2.45, 2.75) is 20.1 Å². The number of carbonyl (C=O) groups excluding carboxylic acids is 1. The maximum Gasteiger partial charge on any atom is 0.219 e. The number of aromatic nitrogens is 1. The molecule has 1 fully saturated rings. The maximum atomic E-state index is 13.2. The standard InChI is InChI=1S/C22H21FN2O3S/c1-14-21(29-22(24-14)17-3-7-18(23)8-4-17)16-5-9-19(10-6-16)28-20-13-25(15(2)26)11-12-27-20/h3-10,20H,11-13H2,1-2H3. The number of hydrogen-bond acceptors (Lipinski definition) is 5. The third-order valence-electron chi connectivity index (χ3n) is 4.75. The zero-order chi connectivity index (χ0) is 20.4. The summed E-state index contributed by atoms with van der Waals surface area (Å²) < 4.78 is 24.6. The van der Waals surface area contributed by atoms with E-state index in [2.05, 4.69) is 4.98 Å². The third kappa shape index (κ3) is 4.46. The van der Waals surface area contributed by atoms with E-state index in [0.717, 1.165) is 26.7 Å². The fraction of sp³-hybridized carbons (Fsp3) is 0.273. The Kier molecular flexibility index (Phi) is 5.60. The minimum absolute atomic E-state index is 0.0230. The van der Waals surface area contributed by atoms with E-state index in [1.54, 1.807) is 35.3 Å². The van der Waals surface area contributed by atoms with Gasteiger partial charge in [0.25, 0.3) is 0 Å². The summed E-state index contributed by atoms with van der Waals surface area (Å²) in [6.45, 7) is 5.00. The van der Waals surface area contributed by atoms with E-state index in [1.807, 2.05) is 31.2 Å². The number of carbonyl (C=O) groups is 1. The normalized spacial score (nSPS) is 16.7. The van der Waals surface area contributed by atoms with Crippen molar-refractivity contribution in [3.8, 4) is 26.8 Å². The average Bonchev–Trinajstić information content (AvgIpc) is 3.11. The SMILES string of the molecule is CC(=O)N1CCOC(Oc2ccc(-c3sc(-c4ccc(F)cc4)nc3C)cc2)C1. The van der Waals surface area contributed by atoms with Crippen molar-refractivity contribution in [2.24, 2.45) is 0 Å². The van der Waals surface area contributed by atoms with Gasteiger partial charge in [-0.15, -0.1) is 11.3 Å². The fourth-order valence-corrected chi connectivity index (χ4v) is 4.27. The summed E-state index contributed by atoms with van der Waals surface area (Å²) in [5.41, 5.74) is 2.86. The van der Waals surface area contributed by atoms with Crippen LogP contribution in [0.3, 0.4) is 0 Å². The molecule has 2 heterocycles. The van der Waals surface area contributed by atoms with Crippen LogP contribution in [0.4, 0.5) is 4.39 Å². The van der Waals surface area contributed by atoms with Gasteiger partial charge >= 0.3 is 0 Å². The molecule has 4 rings (SSSR count). The van der Waals surface area contributed by atoms with Gasteiger partial charge < -0.3 is 14.4 Å². The Balaban J connectivity index is 1.48. The highest BCUT2D eigenvalue weighted by Crippen LogP contribution is 2.36. The number of aryl methyl sites for hydroxylation is 1. The van der Waals surface area contributed by atoms with Crippen LogP contribution < -0.4 is 4.74 Å². The second-order valence-electron chi connectivity index (χ2n) is 6.85. The van der Waals surface area contributed by atoms with Crippen LogP contribution in [0.1, 0.15) is 12.6 Å². The molecule has 1 aliphatic heterocycles. The van der Waals surface area contributed by atoms with Gasteiger partial charge in [-0.25, -0.2) is 9.37 Å². The molecule has 5 nitrogen and oxygen atoms in total. The van der Waals surface area contributed by atoms with Crippen LogP contribution >= 0.6 is 11.3 Å². The van der Waals surface area contributed by atoms with E-state index in [-0.39, 0.29) is 11.7 Å². The molecule has 0 bridgehead atoms. The molecule has 0 N–H and O–H groups in total. The molecule has 0 radical (unpaired) electrons. The molecule has 1 amide bonds. The Labute approximate surface area is 172 Å². The van der Waals surface area contributed by atoms with Crippen molar-refractivity contribution in [1.82, 2.24) is 9.88 Å². The van der Waals surface area contributed by atoms with Gasteiger partial charge in [-0.1, -0.05) is 0 Å². The molecule has 1 aromatic heterocycles. The second-order valence-corrected chi connectivity index (χ2v) is 7.85. The zero-order valence-electron chi connectivity index (χ0n) is 16.2. The summed E-state index contributed by atoms with van der Waals surface area (Å²) in [5.74, 6) is 0.450. The summed E-state index contributed by atoms with van der Waals surface area (Å²) in [5, 5.41) is 0.859. The molecule has 3 aromatic rings. The lowest BCUT2D eigenvalue weighted by Crippen LogP contribution is -2.46. The number of ether oxygens (including phenoxy) is 2. The predicted molar refractivity (Wildman–Crippen MR) is 110 cm³/mol. The number of benzene rings is 2. The van der Waals surface area contributed by atoms with Gasteiger partial charge in [0, 0.05) is 19.0 Å². The summed E-state index contributed by atoms with van der Waals surface area (Å²) in [7, 11) is 0. The quantitative estimate of drug-likeness (QED) is 0.633. The average molecular weight is 412 g/mol. The molecule has 7 heteroatoms.